The molecule has 0 aromatic carbocycles. The lowest BCUT2D eigenvalue weighted by atomic mass is 9.83. The minimum Gasteiger partial charge on any atom is -0.368 e. The highest BCUT2D eigenvalue weighted by atomic mass is 16.5. The fourth-order valence-electron chi connectivity index (χ4n) is 4.43. The smallest absolute Gasteiger partial charge is 0.225 e. The van der Waals surface area contributed by atoms with Gasteiger partial charge in [-0.05, 0) is 31.7 Å². The summed E-state index contributed by atoms with van der Waals surface area (Å²) >= 11 is 0. The van der Waals surface area contributed by atoms with Crippen molar-refractivity contribution < 1.29 is 4.74 Å². The molecule has 0 unspecified atom stereocenters. The summed E-state index contributed by atoms with van der Waals surface area (Å²) in [5, 5.41) is 5.37. The van der Waals surface area contributed by atoms with Crippen molar-refractivity contribution in [2.45, 2.75) is 31.8 Å². The Balaban J connectivity index is 1.47. The number of hydrogen-bond acceptors (Lipinski definition) is 8. The molecule has 1 spiro atoms. The van der Waals surface area contributed by atoms with Crippen molar-refractivity contribution in [3.63, 3.8) is 0 Å². The van der Waals surface area contributed by atoms with Crippen LogP contribution in [0.4, 0.5) is 11.8 Å². The van der Waals surface area contributed by atoms with Crippen LogP contribution in [0.2, 0.25) is 0 Å². The second-order valence-electron chi connectivity index (χ2n) is 8.12. The summed E-state index contributed by atoms with van der Waals surface area (Å²) in [6.07, 6.45) is 6.44. The van der Waals surface area contributed by atoms with Crippen LogP contribution in [-0.4, -0.2) is 63.5 Å². The maximum Gasteiger partial charge on any atom is 0.225 e. The van der Waals surface area contributed by atoms with E-state index >= 15 is 0 Å². The molecule has 0 radical (unpaired) electrons. The molecule has 0 amide bonds. The van der Waals surface area contributed by atoms with Crippen LogP contribution in [0.1, 0.15) is 29.9 Å². The first-order valence-corrected chi connectivity index (χ1v) is 10.1. The first kappa shape index (κ1) is 18.2. The van der Waals surface area contributed by atoms with Crippen LogP contribution in [0, 0.1) is 6.92 Å². The molecule has 3 aromatic rings. The number of fused-ring (bicyclic) bond motifs is 3. The molecule has 2 aliphatic rings. The van der Waals surface area contributed by atoms with Gasteiger partial charge in [0.15, 0.2) is 5.65 Å². The summed E-state index contributed by atoms with van der Waals surface area (Å²) in [5.74, 6) is 2.46. The van der Waals surface area contributed by atoms with E-state index in [1.54, 1.807) is 4.68 Å². The molecule has 29 heavy (non-hydrogen) atoms. The number of piperidine rings is 1. The van der Waals surface area contributed by atoms with Crippen LogP contribution in [-0.2, 0) is 23.8 Å². The molecule has 9 nitrogen and oxygen atoms in total. The highest BCUT2D eigenvalue weighted by molar-refractivity contribution is 5.87. The number of aromatic nitrogens is 6. The summed E-state index contributed by atoms with van der Waals surface area (Å²) in [5.41, 5.74) is 2.80. The van der Waals surface area contributed by atoms with E-state index in [1.165, 1.54) is 5.56 Å². The van der Waals surface area contributed by atoms with Gasteiger partial charge in [0.2, 0.25) is 5.95 Å². The third-order valence-corrected chi connectivity index (χ3v) is 5.99. The van der Waals surface area contributed by atoms with Gasteiger partial charge in [-0.3, -0.25) is 4.68 Å². The molecule has 5 rings (SSSR count). The normalized spacial score (nSPS) is 18.3. The van der Waals surface area contributed by atoms with Gasteiger partial charge in [0.1, 0.15) is 17.2 Å². The summed E-state index contributed by atoms with van der Waals surface area (Å²) in [6, 6.07) is 0. The van der Waals surface area contributed by atoms with E-state index in [-0.39, 0.29) is 5.60 Å². The molecule has 0 saturated carbocycles. The molecule has 9 heteroatoms. The average molecular weight is 394 g/mol. The van der Waals surface area contributed by atoms with Crippen molar-refractivity contribution in [3.8, 4) is 0 Å². The SMILES string of the molecule is Cc1nc(N2CCC3(CC2)OCCc2cnc(N(C)C)nc23)c2cnn(C)c2n1. The third-order valence-electron chi connectivity index (χ3n) is 5.99. The predicted molar refractivity (Wildman–Crippen MR) is 110 cm³/mol. The Kier molecular flexibility index (Phi) is 4.16. The van der Waals surface area contributed by atoms with E-state index in [9.17, 15) is 0 Å². The van der Waals surface area contributed by atoms with Crippen molar-refractivity contribution >= 4 is 22.8 Å². The monoisotopic (exact) mass is 394 g/mol. The molecule has 0 atom stereocenters. The van der Waals surface area contributed by atoms with Gasteiger partial charge in [0.05, 0.1) is 23.9 Å². The topological polar surface area (TPSA) is 85.1 Å². The molecule has 1 saturated heterocycles. The molecule has 5 heterocycles. The number of ether oxygens (including phenoxy) is 1. The van der Waals surface area contributed by atoms with Crippen LogP contribution in [0.15, 0.2) is 12.4 Å². The predicted octanol–water partition coefficient (Wildman–Crippen LogP) is 1.60. The van der Waals surface area contributed by atoms with E-state index in [0.717, 1.165) is 73.3 Å². The van der Waals surface area contributed by atoms with Crippen molar-refractivity contribution in [2.24, 2.45) is 7.05 Å². The molecule has 0 bridgehead atoms. The highest BCUT2D eigenvalue weighted by Crippen LogP contribution is 2.42. The lowest BCUT2D eigenvalue weighted by molar-refractivity contribution is -0.0801. The van der Waals surface area contributed by atoms with Gasteiger partial charge in [-0.2, -0.15) is 5.10 Å². The van der Waals surface area contributed by atoms with Gasteiger partial charge >= 0.3 is 0 Å². The van der Waals surface area contributed by atoms with Crippen molar-refractivity contribution in [1.29, 1.82) is 0 Å². The lowest BCUT2D eigenvalue weighted by Gasteiger charge is -2.44. The van der Waals surface area contributed by atoms with Gasteiger partial charge in [-0.1, -0.05) is 0 Å². The molecular formula is C20H26N8O. The van der Waals surface area contributed by atoms with Gasteiger partial charge < -0.3 is 14.5 Å². The largest absolute Gasteiger partial charge is 0.368 e. The van der Waals surface area contributed by atoms with Gasteiger partial charge in [-0.25, -0.2) is 19.9 Å². The minimum absolute atomic E-state index is 0.339. The number of aryl methyl sites for hydroxylation is 2. The standard InChI is InChI=1S/C20H26N8O/c1-13-23-17-15(12-22-27(17)4)18(24-13)28-8-6-20(7-9-28)16-14(5-10-29-20)11-21-19(25-16)26(2)3/h11-12H,5-10H2,1-4H3. The number of anilines is 2. The van der Waals surface area contributed by atoms with Crippen LogP contribution in [0.3, 0.4) is 0 Å². The zero-order valence-corrected chi connectivity index (χ0v) is 17.4. The number of rotatable bonds is 2. The Morgan fingerprint density at radius 3 is 2.66 bits per heavy atom. The van der Waals surface area contributed by atoms with Crippen LogP contribution in [0.5, 0.6) is 0 Å². The molecular weight excluding hydrogens is 368 g/mol. The first-order chi connectivity index (χ1) is 14.0. The average Bonchev–Trinajstić information content (AvgIpc) is 3.09. The van der Waals surface area contributed by atoms with E-state index in [4.69, 9.17) is 14.7 Å². The van der Waals surface area contributed by atoms with E-state index in [2.05, 4.69) is 20.0 Å². The fraction of sp³-hybridized carbons (Fsp3) is 0.550. The second kappa shape index (κ2) is 6.62. The van der Waals surface area contributed by atoms with Crippen LogP contribution < -0.4 is 9.80 Å². The van der Waals surface area contributed by atoms with E-state index in [0.29, 0.717) is 0 Å². The summed E-state index contributed by atoms with van der Waals surface area (Å²) in [7, 11) is 5.85. The Bertz CT molecular complexity index is 1070. The van der Waals surface area contributed by atoms with E-state index < -0.39 is 0 Å². The highest BCUT2D eigenvalue weighted by Gasteiger charge is 2.43. The Hall–Kier alpha value is -2.81. The Morgan fingerprint density at radius 2 is 1.90 bits per heavy atom. The fourth-order valence-corrected chi connectivity index (χ4v) is 4.43. The van der Waals surface area contributed by atoms with Crippen LogP contribution >= 0.6 is 0 Å². The first-order valence-electron chi connectivity index (χ1n) is 10.1. The zero-order valence-electron chi connectivity index (χ0n) is 17.4. The molecule has 0 N–H and O–H groups in total. The zero-order chi connectivity index (χ0) is 20.2. The molecule has 1 fully saturated rings. The molecule has 0 aliphatic carbocycles. The molecule has 152 valence electrons. The quantitative estimate of drug-likeness (QED) is 0.648. The Labute approximate surface area is 169 Å². The van der Waals surface area contributed by atoms with E-state index in [1.807, 2.05) is 45.4 Å². The maximum absolute atomic E-state index is 6.38. The lowest BCUT2D eigenvalue weighted by Crippen LogP contribution is -2.47. The molecule has 3 aromatic heterocycles. The molecule has 2 aliphatic heterocycles. The third kappa shape index (κ3) is 2.91. The van der Waals surface area contributed by atoms with Crippen molar-refractivity contribution in [3.05, 3.63) is 29.5 Å². The Morgan fingerprint density at radius 1 is 1.10 bits per heavy atom. The van der Waals surface area contributed by atoms with Gasteiger partial charge in [-0.15, -0.1) is 0 Å². The maximum atomic E-state index is 6.38. The van der Waals surface area contributed by atoms with Crippen molar-refractivity contribution in [2.75, 3.05) is 43.6 Å². The van der Waals surface area contributed by atoms with Gasteiger partial charge in [0, 0.05) is 40.4 Å². The number of nitrogens with zero attached hydrogens (tertiary/aromatic N) is 8. The summed E-state index contributed by atoms with van der Waals surface area (Å²) < 4.78 is 8.19. The minimum atomic E-state index is -0.339. The van der Waals surface area contributed by atoms with Crippen molar-refractivity contribution in [1.82, 2.24) is 29.7 Å². The van der Waals surface area contributed by atoms with Crippen LogP contribution in [0.25, 0.3) is 11.0 Å². The van der Waals surface area contributed by atoms with Gasteiger partial charge in [0.25, 0.3) is 0 Å². The summed E-state index contributed by atoms with van der Waals surface area (Å²) in [4.78, 5) is 23.0. The second-order valence-corrected chi connectivity index (χ2v) is 8.12. The number of hydrogen-bond donors (Lipinski definition) is 0. The summed E-state index contributed by atoms with van der Waals surface area (Å²) in [6.45, 7) is 4.35.